The van der Waals surface area contributed by atoms with E-state index in [4.69, 9.17) is 5.11 Å². The van der Waals surface area contributed by atoms with E-state index in [2.05, 4.69) is 10.0 Å². The zero-order chi connectivity index (χ0) is 18.9. The third kappa shape index (κ3) is 4.16. The molecule has 3 N–H and O–H groups in total. The first kappa shape index (κ1) is 18.3. The highest BCUT2D eigenvalue weighted by Crippen LogP contribution is 2.41. The van der Waals surface area contributed by atoms with Crippen LogP contribution in [0.15, 0.2) is 48.5 Å². The first-order valence-corrected chi connectivity index (χ1v) is 10.0. The Morgan fingerprint density at radius 2 is 1.81 bits per heavy atom. The van der Waals surface area contributed by atoms with E-state index in [9.17, 15) is 13.2 Å². The van der Waals surface area contributed by atoms with E-state index in [0.717, 1.165) is 23.1 Å². The molecule has 0 unspecified atom stereocenters. The summed E-state index contributed by atoms with van der Waals surface area (Å²) in [6, 6.07) is 15.2. The molecule has 6 nitrogen and oxygen atoms in total. The molecule has 1 aliphatic carbocycles. The van der Waals surface area contributed by atoms with Gasteiger partial charge in [0, 0.05) is 17.6 Å². The van der Waals surface area contributed by atoms with Gasteiger partial charge in [-0.3, -0.25) is 4.72 Å². The van der Waals surface area contributed by atoms with E-state index in [1.807, 2.05) is 36.4 Å². The second-order valence-electron chi connectivity index (χ2n) is 6.80. The summed E-state index contributed by atoms with van der Waals surface area (Å²) in [6.07, 6.45) is -0.173. The Morgan fingerprint density at radius 1 is 1.12 bits per heavy atom. The number of hydrogen-bond acceptors (Lipinski definition) is 3. The summed E-state index contributed by atoms with van der Waals surface area (Å²) in [5.74, 6) is 0.226. The van der Waals surface area contributed by atoms with Gasteiger partial charge in [-0.2, -0.15) is 0 Å². The summed E-state index contributed by atoms with van der Waals surface area (Å²) < 4.78 is 26.6. The maximum Gasteiger partial charge on any atom is 0.404 e. The van der Waals surface area contributed by atoms with Crippen molar-refractivity contribution in [1.29, 1.82) is 0 Å². The maximum atomic E-state index is 12.0. The lowest BCUT2D eigenvalue weighted by Gasteiger charge is -2.12. The van der Waals surface area contributed by atoms with E-state index in [1.54, 1.807) is 26.0 Å². The molecule has 2 aromatic carbocycles. The molecule has 2 aromatic rings. The number of rotatable bonds is 6. The maximum absolute atomic E-state index is 12.0. The van der Waals surface area contributed by atoms with Gasteiger partial charge in [-0.15, -0.1) is 0 Å². The predicted molar refractivity (Wildman–Crippen MR) is 102 cm³/mol. The van der Waals surface area contributed by atoms with Gasteiger partial charge in [0.05, 0.1) is 5.25 Å². The van der Waals surface area contributed by atoms with Gasteiger partial charge in [-0.1, -0.05) is 36.4 Å². The van der Waals surface area contributed by atoms with E-state index < -0.39 is 21.4 Å². The van der Waals surface area contributed by atoms with E-state index in [0.29, 0.717) is 5.69 Å². The van der Waals surface area contributed by atoms with E-state index in [-0.39, 0.29) is 12.0 Å². The Balaban J connectivity index is 1.74. The average molecular weight is 374 g/mol. The van der Waals surface area contributed by atoms with Gasteiger partial charge in [0.15, 0.2) is 0 Å². The molecule has 0 aliphatic heterocycles. The summed E-state index contributed by atoms with van der Waals surface area (Å²) in [5, 5.41) is 10.8. The van der Waals surface area contributed by atoms with Crippen LogP contribution in [0.2, 0.25) is 0 Å². The minimum Gasteiger partial charge on any atom is -0.465 e. The van der Waals surface area contributed by atoms with E-state index in [1.165, 1.54) is 0 Å². The lowest BCUT2D eigenvalue weighted by molar-refractivity contribution is 0.193. The van der Waals surface area contributed by atoms with Crippen molar-refractivity contribution in [3.8, 4) is 11.1 Å². The molecule has 1 aliphatic rings. The first-order valence-electron chi connectivity index (χ1n) is 8.48. The minimum atomic E-state index is -3.38. The minimum absolute atomic E-state index is 0.00730. The molecule has 26 heavy (non-hydrogen) atoms. The molecular formula is C19H22N2O4S. The molecule has 1 saturated carbocycles. The second kappa shape index (κ2) is 6.99. The fourth-order valence-electron chi connectivity index (χ4n) is 2.85. The Labute approximate surface area is 153 Å². The van der Waals surface area contributed by atoms with Gasteiger partial charge in [0.1, 0.15) is 0 Å². The van der Waals surface area contributed by atoms with Crippen molar-refractivity contribution in [3.05, 3.63) is 54.1 Å². The Kier molecular flexibility index (Phi) is 4.91. The molecule has 138 valence electrons. The highest BCUT2D eigenvalue weighted by atomic mass is 32.2. The largest absolute Gasteiger partial charge is 0.465 e. The Bertz CT molecular complexity index is 907. The van der Waals surface area contributed by atoms with Crippen LogP contribution in [0.4, 0.5) is 10.5 Å². The van der Waals surface area contributed by atoms with Crippen molar-refractivity contribution in [1.82, 2.24) is 5.32 Å². The molecule has 0 spiro atoms. The van der Waals surface area contributed by atoms with Crippen LogP contribution in [0.1, 0.15) is 31.7 Å². The summed E-state index contributed by atoms with van der Waals surface area (Å²) in [5.41, 5.74) is 3.52. The van der Waals surface area contributed by atoms with Crippen molar-refractivity contribution < 1.29 is 18.3 Å². The van der Waals surface area contributed by atoms with E-state index >= 15 is 0 Å². The van der Waals surface area contributed by atoms with Crippen LogP contribution >= 0.6 is 0 Å². The predicted octanol–water partition coefficient (Wildman–Crippen LogP) is 3.63. The number of benzene rings is 2. The lowest BCUT2D eigenvalue weighted by atomic mass is 10.0. The van der Waals surface area contributed by atoms with Gasteiger partial charge < -0.3 is 10.4 Å². The molecule has 0 heterocycles. The van der Waals surface area contributed by atoms with Gasteiger partial charge in [-0.05, 0) is 49.1 Å². The van der Waals surface area contributed by atoms with Gasteiger partial charge in [0.25, 0.3) is 0 Å². The third-order valence-electron chi connectivity index (χ3n) is 4.51. The van der Waals surface area contributed by atoms with Crippen LogP contribution < -0.4 is 10.0 Å². The number of anilines is 1. The fourth-order valence-corrected chi connectivity index (χ4v) is 3.54. The van der Waals surface area contributed by atoms with Crippen LogP contribution in [0.5, 0.6) is 0 Å². The zero-order valence-corrected chi connectivity index (χ0v) is 15.5. The van der Waals surface area contributed by atoms with Crippen molar-refractivity contribution in [2.45, 2.75) is 37.5 Å². The molecule has 0 saturated heterocycles. The fraction of sp³-hybridized carbons (Fsp3) is 0.316. The van der Waals surface area contributed by atoms with Crippen LogP contribution in [-0.2, 0) is 10.0 Å². The highest BCUT2D eigenvalue weighted by molar-refractivity contribution is 7.93. The van der Waals surface area contributed by atoms with Crippen LogP contribution in [-0.4, -0.2) is 30.9 Å². The monoisotopic (exact) mass is 374 g/mol. The van der Waals surface area contributed by atoms with Crippen molar-refractivity contribution in [3.63, 3.8) is 0 Å². The van der Waals surface area contributed by atoms with Crippen LogP contribution in [0.3, 0.4) is 0 Å². The SMILES string of the molecule is CC(C)S(=O)(=O)Nc1cccc(-c2ccc([C@@H]3C[C@H]3NC(=O)O)cc2)c1. The van der Waals surface area contributed by atoms with Crippen LogP contribution in [0.25, 0.3) is 11.1 Å². The van der Waals surface area contributed by atoms with Gasteiger partial charge in [-0.25, -0.2) is 13.2 Å². The number of carboxylic acid groups (broad SMARTS) is 1. The molecule has 7 heteroatoms. The topological polar surface area (TPSA) is 95.5 Å². The molecule has 1 amide bonds. The molecule has 0 bridgehead atoms. The second-order valence-corrected chi connectivity index (χ2v) is 9.03. The smallest absolute Gasteiger partial charge is 0.404 e. The number of sulfonamides is 1. The molecule has 1 fully saturated rings. The number of carbonyl (C=O) groups is 1. The summed E-state index contributed by atoms with van der Waals surface area (Å²) in [6.45, 7) is 3.27. The van der Waals surface area contributed by atoms with Crippen LogP contribution in [0, 0.1) is 0 Å². The van der Waals surface area contributed by atoms with Crippen molar-refractivity contribution in [2.24, 2.45) is 0 Å². The normalized spacial score (nSPS) is 19.2. The average Bonchev–Trinajstić information content (AvgIpc) is 3.33. The standard InChI is InChI=1S/C19H22N2O4S/c1-12(2)26(24,25)21-16-5-3-4-15(10-16)13-6-8-14(9-7-13)17-11-18(17)20-19(22)23/h3-10,12,17-18,20-21H,11H2,1-2H3,(H,22,23)/t17-,18+/m0/s1. The summed E-state index contributed by atoms with van der Waals surface area (Å²) >= 11 is 0. The quantitative estimate of drug-likeness (QED) is 0.719. The Morgan fingerprint density at radius 3 is 2.42 bits per heavy atom. The number of hydrogen-bond donors (Lipinski definition) is 3. The van der Waals surface area contributed by atoms with Crippen molar-refractivity contribution >= 4 is 21.8 Å². The summed E-state index contributed by atoms with van der Waals surface area (Å²) in [4.78, 5) is 10.7. The van der Waals surface area contributed by atoms with Crippen molar-refractivity contribution in [2.75, 3.05) is 4.72 Å². The highest BCUT2D eigenvalue weighted by Gasteiger charge is 2.39. The number of amides is 1. The lowest BCUT2D eigenvalue weighted by Crippen LogP contribution is -2.24. The van der Waals surface area contributed by atoms with Gasteiger partial charge >= 0.3 is 6.09 Å². The molecule has 3 rings (SSSR count). The molecule has 2 atom stereocenters. The third-order valence-corrected chi connectivity index (χ3v) is 6.28. The summed E-state index contributed by atoms with van der Waals surface area (Å²) in [7, 11) is -3.38. The van der Waals surface area contributed by atoms with Gasteiger partial charge in [0.2, 0.25) is 10.0 Å². The zero-order valence-electron chi connectivity index (χ0n) is 14.6. The molecular weight excluding hydrogens is 352 g/mol. The molecule has 0 aromatic heterocycles. The number of nitrogens with one attached hydrogen (secondary N) is 2. The Hall–Kier alpha value is -2.54. The molecule has 0 radical (unpaired) electrons. The first-order chi connectivity index (χ1) is 12.3.